The second-order valence-electron chi connectivity index (χ2n) is 5.30. The van der Waals surface area contributed by atoms with Crippen molar-refractivity contribution in [2.24, 2.45) is 0 Å². The summed E-state index contributed by atoms with van der Waals surface area (Å²) in [5.74, 6) is 0.732. The summed E-state index contributed by atoms with van der Waals surface area (Å²) < 4.78 is 5.17. The molecule has 0 aliphatic heterocycles. The lowest BCUT2D eigenvalue weighted by molar-refractivity contribution is -0.108. The van der Waals surface area contributed by atoms with E-state index in [0.29, 0.717) is 0 Å². The maximum absolute atomic E-state index is 11.6. The molecule has 0 saturated heterocycles. The zero-order chi connectivity index (χ0) is 14.7. The SMILES string of the molecule is COc1ccc(/C=C2\CCc3ccccc3C2C=O)cc1. The first-order valence-electron chi connectivity index (χ1n) is 7.19. The van der Waals surface area contributed by atoms with E-state index < -0.39 is 0 Å². The molecule has 0 saturated carbocycles. The lowest BCUT2D eigenvalue weighted by Crippen LogP contribution is -2.13. The summed E-state index contributed by atoms with van der Waals surface area (Å²) in [6.07, 6.45) is 5.14. The highest BCUT2D eigenvalue weighted by Gasteiger charge is 2.23. The van der Waals surface area contributed by atoms with E-state index in [4.69, 9.17) is 4.74 Å². The van der Waals surface area contributed by atoms with Gasteiger partial charge in [-0.3, -0.25) is 0 Å². The van der Waals surface area contributed by atoms with Crippen molar-refractivity contribution in [3.8, 4) is 5.75 Å². The first kappa shape index (κ1) is 13.6. The van der Waals surface area contributed by atoms with E-state index >= 15 is 0 Å². The minimum absolute atomic E-state index is 0.114. The van der Waals surface area contributed by atoms with Gasteiger partial charge < -0.3 is 9.53 Å². The molecule has 2 aromatic carbocycles. The van der Waals surface area contributed by atoms with E-state index in [2.05, 4.69) is 18.2 Å². The van der Waals surface area contributed by atoms with Crippen molar-refractivity contribution in [1.29, 1.82) is 0 Å². The molecule has 1 atom stereocenters. The molecule has 0 spiro atoms. The van der Waals surface area contributed by atoms with Gasteiger partial charge in [0.1, 0.15) is 12.0 Å². The zero-order valence-corrected chi connectivity index (χ0v) is 12.1. The van der Waals surface area contributed by atoms with Gasteiger partial charge in [0.05, 0.1) is 13.0 Å². The number of aryl methyl sites for hydroxylation is 1. The van der Waals surface area contributed by atoms with Crippen LogP contribution in [0.4, 0.5) is 0 Å². The summed E-state index contributed by atoms with van der Waals surface area (Å²) in [5, 5.41) is 0. The van der Waals surface area contributed by atoms with Crippen LogP contribution in [0.25, 0.3) is 6.08 Å². The van der Waals surface area contributed by atoms with Crippen LogP contribution in [0.3, 0.4) is 0 Å². The van der Waals surface area contributed by atoms with Crippen molar-refractivity contribution in [2.45, 2.75) is 18.8 Å². The molecule has 2 nitrogen and oxygen atoms in total. The van der Waals surface area contributed by atoms with Crippen molar-refractivity contribution in [3.63, 3.8) is 0 Å². The second-order valence-corrected chi connectivity index (χ2v) is 5.30. The number of fused-ring (bicyclic) bond motifs is 1. The molecule has 3 rings (SSSR count). The predicted octanol–water partition coefficient (Wildman–Crippen LogP) is 4.01. The van der Waals surface area contributed by atoms with E-state index in [1.54, 1.807) is 7.11 Å². The lowest BCUT2D eigenvalue weighted by Gasteiger charge is -2.24. The number of hydrogen-bond acceptors (Lipinski definition) is 2. The number of hydrogen-bond donors (Lipinski definition) is 0. The zero-order valence-electron chi connectivity index (χ0n) is 12.1. The third kappa shape index (κ3) is 2.75. The molecule has 1 unspecified atom stereocenters. The van der Waals surface area contributed by atoms with Crippen LogP contribution in [0.1, 0.15) is 29.0 Å². The van der Waals surface area contributed by atoms with E-state index in [0.717, 1.165) is 36.0 Å². The van der Waals surface area contributed by atoms with Crippen LogP contribution in [-0.2, 0) is 11.2 Å². The van der Waals surface area contributed by atoms with Gasteiger partial charge in [-0.05, 0) is 41.7 Å². The largest absolute Gasteiger partial charge is 0.497 e. The van der Waals surface area contributed by atoms with Gasteiger partial charge in [0.2, 0.25) is 0 Å². The summed E-state index contributed by atoms with van der Waals surface area (Å²) in [6.45, 7) is 0. The molecule has 106 valence electrons. The molecule has 0 heterocycles. The van der Waals surface area contributed by atoms with Crippen molar-refractivity contribution in [3.05, 3.63) is 70.8 Å². The van der Waals surface area contributed by atoms with Crippen LogP contribution in [-0.4, -0.2) is 13.4 Å². The molecule has 1 aliphatic rings. The molecule has 2 aromatic rings. The van der Waals surface area contributed by atoms with Gasteiger partial charge in [0.15, 0.2) is 0 Å². The Morgan fingerprint density at radius 2 is 1.81 bits per heavy atom. The van der Waals surface area contributed by atoms with Crippen LogP contribution in [0.5, 0.6) is 5.75 Å². The molecule has 0 aromatic heterocycles. The quantitative estimate of drug-likeness (QED) is 0.793. The van der Waals surface area contributed by atoms with Gasteiger partial charge in [-0.25, -0.2) is 0 Å². The fourth-order valence-corrected chi connectivity index (χ4v) is 2.94. The Morgan fingerprint density at radius 3 is 2.52 bits per heavy atom. The predicted molar refractivity (Wildman–Crippen MR) is 84.5 cm³/mol. The van der Waals surface area contributed by atoms with Gasteiger partial charge in [-0.2, -0.15) is 0 Å². The van der Waals surface area contributed by atoms with Crippen LogP contribution < -0.4 is 4.74 Å². The molecule has 0 bridgehead atoms. The van der Waals surface area contributed by atoms with Gasteiger partial charge in [-0.15, -0.1) is 0 Å². The topological polar surface area (TPSA) is 26.3 Å². The van der Waals surface area contributed by atoms with Gasteiger partial charge in [0.25, 0.3) is 0 Å². The average molecular weight is 278 g/mol. The fraction of sp³-hybridized carbons (Fsp3) is 0.211. The monoisotopic (exact) mass is 278 g/mol. The summed E-state index contributed by atoms with van der Waals surface area (Å²) in [5.41, 5.74) is 4.74. The number of methoxy groups -OCH3 is 1. The number of rotatable bonds is 3. The van der Waals surface area contributed by atoms with E-state index in [-0.39, 0.29) is 5.92 Å². The van der Waals surface area contributed by atoms with Crippen molar-refractivity contribution in [2.75, 3.05) is 7.11 Å². The van der Waals surface area contributed by atoms with Crippen LogP contribution in [0, 0.1) is 0 Å². The number of ether oxygens (including phenoxy) is 1. The number of aldehydes is 1. The van der Waals surface area contributed by atoms with Gasteiger partial charge in [-0.1, -0.05) is 48.0 Å². The normalized spacial score (nSPS) is 19.1. The smallest absolute Gasteiger partial charge is 0.131 e. The average Bonchev–Trinajstić information content (AvgIpc) is 2.55. The molecule has 0 amide bonds. The Kier molecular flexibility index (Phi) is 3.87. The number of carbonyl (C=O) groups excluding carboxylic acids is 1. The Labute approximate surface area is 125 Å². The molecule has 1 aliphatic carbocycles. The molecule has 0 N–H and O–H groups in total. The number of benzene rings is 2. The second kappa shape index (κ2) is 5.96. The molecular formula is C19H18O2. The fourth-order valence-electron chi connectivity index (χ4n) is 2.94. The Bertz CT molecular complexity index is 668. The van der Waals surface area contributed by atoms with E-state index in [9.17, 15) is 4.79 Å². The van der Waals surface area contributed by atoms with E-state index in [1.165, 1.54) is 11.1 Å². The van der Waals surface area contributed by atoms with Gasteiger partial charge >= 0.3 is 0 Å². The lowest BCUT2D eigenvalue weighted by atomic mass is 9.79. The third-order valence-electron chi connectivity index (χ3n) is 4.08. The first-order valence-corrected chi connectivity index (χ1v) is 7.19. The maximum atomic E-state index is 11.6. The van der Waals surface area contributed by atoms with Crippen molar-refractivity contribution >= 4 is 12.4 Å². The summed E-state index contributed by atoms with van der Waals surface area (Å²) in [6, 6.07) is 16.2. The van der Waals surface area contributed by atoms with Crippen LogP contribution >= 0.6 is 0 Å². The van der Waals surface area contributed by atoms with Crippen molar-refractivity contribution in [1.82, 2.24) is 0 Å². The number of carbonyl (C=O) groups is 1. The molecule has 0 radical (unpaired) electrons. The summed E-state index contributed by atoms with van der Waals surface area (Å²) >= 11 is 0. The molecular weight excluding hydrogens is 260 g/mol. The Balaban J connectivity index is 1.94. The van der Waals surface area contributed by atoms with Crippen LogP contribution in [0.15, 0.2) is 54.1 Å². The van der Waals surface area contributed by atoms with Crippen LogP contribution in [0.2, 0.25) is 0 Å². The molecule has 0 fully saturated rings. The third-order valence-corrected chi connectivity index (χ3v) is 4.08. The highest BCUT2D eigenvalue weighted by Crippen LogP contribution is 2.35. The first-order chi connectivity index (χ1) is 10.3. The van der Waals surface area contributed by atoms with E-state index in [1.807, 2.05) is 36.4 Å². The Hall–Kier alpha value is -2.35. The number of allylic oxidation sites excluding steroid dienone is 1. The molecule has 2 heteroatoms. The van der Waals surface area contributed by atoms with Crippen molar-refractivity contribution < 1.29 is 9.53 Å². The molecule has 21 heavy (non-hydrogen) atoms. The maximum Gasteiger partial charge on any atom is 0.131 e. The summed E-state index contributed by atoms with van der Waals surface area (Å²) in [7, 11) is 1.66. The Morgan fingerprint density at radius 1 is 1.05 bits per heavy atom. The minimum Gasteiger partial charge on any atom is -0.497 e. The minimum atomic E-state index is -0.114. The van der Waals surface area contributed by atoms with Gasteiger partial charge in [0, 0.05) is 0 Å². The summed E-state index contributed by atoms with van der Waals surface area (Å²) in [4.78, 5) is 11.6. The standard InChI is InChI=1S/C19H18O2/c1-21-17-10-6-14(7-11-17)12-16-9-8-15-4-2-3-5-18(15)19(16)13-20/h2-7,10-13,19H,8-9H2,1H3/b16-12+. The highest BCUT2D eigenvalue weighted by molar-refractivity contribution is 5.74. The highest BCUT2D eigenvalue weighted by atomic mass is 16.5.